The van der Waals surface area contributed by atoms with E-state index in [0.29, 0.717) is 23.1 Å². The fourth-order valence-corrected chi connectivity index (χ4v) is 4.66. The molecule has 6 N–H and O–H groups in total. The van der Waals surface area contributed by atoms with Gasteiger partial charge in [0.1, 0.15) is 24.3 Å². The number of fused-ring (bicyclic) bond motifs is 1. The van der Waals surface area contributed by atoms with Gasteiger partial charge < -0.3 is 36.2 Å². The zero-order valence-electron chi connectivity index (χ0n) is 24.7. The standard InChI is InChI=1S/C33H35N5O7/c1-21-17-29(39)45-28-19-24(14-15-25(21)28)36-30(40)26(13-8-16-35-32(34)42)37-31(41)27(18-22-9-4-2-5-10-22)38-33(43)44-20-23-11-6-3-7-12-23/h2-7,9-12,14-15,17,19,26-27H,8,13,16,18,20H2,1H3,(H,36,40)(H,37,41)(H,38,43)(H3,34,35,42)/t26-,27-/m0/s1. The van der Waals surface area contributed by atoms with Crippen molar-refractivity contribution in [3.05, 3.63) is 112 Å². The molecule has 1 aromatic heterocycles. The zero-order valence-corrected chi connectivity index (χ0v) is 24.7. The third kappa shape index (κ3) is 9.95. The average molecular weight is 614 g/mol. The molecule has 0 saturated carbocycles. The van der Waals surface area contributed by atoms with Crippen LogP contribution in [-0.2, 0) is 27.4 Å². The molecule has 0 unspecified atom stereocenters. The van der Waals surface area contributed by atoms with Gasteiger partial charge in [-0.05, 0) is 48.6 Å². The highest BCUT2D eigenvalue weighted by atomic mass is 16.5. The second-order valence-electron chi connectivity index (χ2n) is 10.4. The molecule has 4 rings (SSSR count). The van der Waals surface area contributed by atoms with Gasteiger partial charge >= 0.3 is 17.7 Å². The highest BCUT2D eigenvalue weighted by Gasteiger charge is 2.28. The maximum Gasteiger partial charge on any atom is 0.408 e. The highest BCUT2D eigenvalue weighted by molar-refractivity contribution is 5.99. The lowest BCUT2D eigenvalue weighted by Crippen LogP contribution is -2.53. The molecule has 2 atom stereocenters. The predicted octanol–water partition coefficient (Wildman–Crippen LogP) is 3.51. The third-order valence-electron chi connectivity index (χ3n) is 6.92. The van der Waals surface area contributed by atoms with Crippen molar-refractivity contribution < 1.29 is 28.3 Å². The SMILES string of the molecule is Cc1cc(=O)oc2cc(NC(=O)[C@H](CCCNC(N)=O)NC(=O)[C@H](Cc3ccccc3)NC(=O)OCc3ccccc3)ccc12. The Morgan fingerprint density at radius 1 is 0.844 bits per heavy atom. The number of urea groups is 1. The van der Waals surface area contributed by atoms with Gasteiger partial charge in [0.15, 0.2) is 0 Å². The van der Waals surface area contributed by atoms with E-state index in [1.54, 1.807) is 19.1 Å². The molecular formula is C33H35N5O7. The average Bonchev–Trinajstić information content (AvgIpc) is 3.01. The minimum Gasteiger partial charge on any atom is -0.445 e. The molecule has 4 aromatic rings. The Balaban J connectivity index is 1.50. The fourth-order valence-electron chi connectivity index (χ4n) is 4.66. The maximum absolute atomic E-state index is 13.6. The van der Waals surface area contributed by atoms with E-state index in [9.17, 15) is 24.0 Å². The minimum absolute atomic E-state index is 0.00957. The number of nitrogens with two attached hydrogens (primary N) is 1. The first-order chi connectivity index (χ1) is 21.7. The molecule has 12 nitrogen and oxygen atoms in total. The largest absolute Gasteiger partial charge is 0.445 e. The molecule has 0 bridgehead atoms. The molecule has 12 heteroatoms. The Bertz CT molecular complexity index is 1690. The summed E-state index contributed by atoms with van der Waals surface area (Å²) in [5.74, 6) is -1.17. The number of carbonyl (C=O) groups is 4. The van der Waals surface area contributed by atoms with Crippen molar-refractivity contribution in [1.82, 2.24) is 16.0 Å². The third-order valence-corrected chi connectivity index (χ3v) is 6.92. The monoisotopic (exact) mass is 613 g/mol. The number of hydrogen-bond donors (Lipinski definition) is 5. The van der Waals surface area contributed by atoms with Crippen molar-refractivity contribution in [3.63, 3.8) is 0 Å². The summed E-state index contributed by atoms with van der Waals surface area (Å²) in [5, 5.41) is 11.3. The van der Waals surface area contributed by atoms with Crippen LogP contribution >= 0.6 is 0 Å². The number of alkyl carbamates (subject to hydrolysis) is 1. The first-order valence-corrected chi connectivity index (χ1v) is 14.4. The van der Waals surface area contributed by atoms with Crippen LogP contribution in [0.15, 0.2) is 94.1 Å². The van der Waals surface area contributed by atoms with E-state index >= 15 is 0 Å². The second-order valence-corrected chi connectivity index (χ2v) is 10.4. The Morgan fingerprint density at radius 2 is 1.53 bits per heavy atom. The molecule has 45 heavy (non-hydrogen) atoms. The number of benzene rings is 3. The van der Waals surface area contributed by atoms with E-state index in [4.69, 9.17) is 14.9 Å². The van der Waals surface area contributed by atoms with Crippen LogP contribution < -0.4 is 32.6 Å². The van der Waals surface area contributed by atoms with Crippen LogP contribution in [0.2, 0.25) is 0 Å². The van der Waals surface area contributed by atoms with Crippen LogP contribution in [0.3, 0.4) is 0 Å². The molecule has 0 fully saturated rings. The normalized spacial score (nSPS) is 12.0. The van der Waals surface area contributed by atoms with E-state index in [1.807, 2.05) is 60.7 Å². The van der Waals surface area contributed by atoms with Crippen molar-refractivity contribution in [1.29, 1.82) is 0 Å². The number of hydrogen-bond acceptors (Lipinski definition) is 7. The van der Waals surface area contributed by atoms with Crippen LogP contribution in [0.4, 0.5) is 15.3 Å². The molecule has 1 heterocycles. The minimum atomic E-state index is -1.08. The van der Waals surface area contributed by atoms with Crippen LogP contribution in [0.1, 0.15) is 29.5 Å². The number of aryl methyl sites for hydroxylation is 1. The van der Waals surface area contributed by atoms with Gasteiger partial charge in [-0.3, -0.25) is 9.59 Å². The number of amides is 5. The van der Waals surface area contributed by atoms with Gasteiger partial charge in [0.25, 0.3) is 0 Å². The molecular weight excluding hydrogens is 578 g/mol. The number of nitrogens with one attached hydrogen (secondary N) is 4. The van der Waals surface area contributed by atoms with Crippen molar-refractivity contribution in [2.45, 2.75) is 44.9 Å². The lowest BCUT2D eigenvalue weighted by Gasteiger charge is -2.23. The number of carbonyl (C=O) groups excluding carboxylic acids is 4. The number of primary amides is 1. The number of anilines is 1. The maximum atomic E-state index is 13.6. The highest BCUT2D eigenvalue weighted by Crippen LogP contribution is 2.21. The predicted molar refractivity (Wildman–Crippen MR) is 168 cm³/mol. The molecule has 3 aromatic carbocycles. The lowest BCUT2D eigenvalue weighted by atomic mass is 10.0. The van der Waals surface area contributed by atoms with Crippen molar-refractivity contribution in [2.24, 2.45) is 5.73 Å². The Morgan fingerprint density at radius 3 is 2.22 bits per heavy atom. The molecule has 234 valence electrons. The molecule has 5 amide bonds. The van der Waals surface area contributed by atoms with Gasteiger partial charge in [0.2, 0.25) is 11.8 Å². The lowest BCUT2D eigenvalue weighted by molar-refractivity contribution is -0.128. The summed E-state index contributed by atoms with van der Waals surface area (Å²) < 4.78 is 10.6. The van der Waals surface area contributed by atoms with Crippen LogP contribution in [0.5, 0.6) is 0 Å². The van der Waals surface area contributed by atoms with Gasteiger partial charge in [-0.25, -0.2) is 14.4 Å². The molecule has 0 aliphatic rings. The molecule has 0 radical (unpaired) electrons. The van der Waals surface area contributed by atoms with Crippen LogP contribution in [-0.4, -0.2) is 42.6 Å². The summed E-state index contributed by atoms with van der Waals surface area (Å²) in [6.45, 7) is 1.96. The van der Waals surface area contributed by atoms with E-state index in [2.05, 4.69) is 21.3 Å². The zero-order chi connectivity index (χ0) is 32.2. The summed E-state index contributed by atoms with van der Waals surface area (Å²) in [5.41, 5.74) is 7.57. The Labute approximate surface area is 259 Å². The van der Waals surface area contributed by atoms with Gasteiger partial charge in [0.05, 0.1) is 0 Å². The Kier molecular flexibility index (Phi) is 11.3. The molecule has 0 aliphatic heterocycles. The summed E-state index contributed by atoms with van der Waals surface area (Å²) in [6.07, 6.45) is -0.220. The van der Waals surface area contributed by atoms with Crippen LogP contribution in [0.25, 0.3) is 11.0 Å². The van der Waals surface area contributed by atoms with Crippen molar-refractivity contribution in [2.75, 3.05) is 11.9 Å². The summed E-state index contributed by atoms with van der Waals surface area (Å²) >= 11 is 0. The van der Waals surface area contributed by atoms with Gasteiger partial charge in [0, 0.05) is 36.2 Å². The Hall–Kier alpha value is -5.65. The molecule has 0 aliphatic carbocycles. The second kappa shape index (κ2) is 15.7. The smallest absolute Gasteiger partial charge is 0.408 e. The van der Waals surface area contributed by atoms with Crippen molar-refractivity contribution >= 4 is 40.6 Å². The van der Waals surface area contributed by atoms with Crippen LogP contribution in [0, 0.1) is 6.92 Å². The first kappa shape index (κ1) is 32.3. The fraction of sp³-hybridized carbons (Fsp3) is 0.242. The summed E-state index contributed by atoms with van der Waals surface area (Å²) in [6, 6.07) is 21.6. The summed E-state index contributed by atoms with van der Waals surface area (Å²) in [7, 11) is 0. The number of rotatable bonds is 13. The number of ether oxygens (including phenoxy) is 1. The summed E-state index contributed by atoms with van der Waals surface area (Å²) in [4.78, 5) is 62.8. The van der Waals surface area contributed by atoms with Gasteiger partial charge in [-0.2, -0.15) is 0 Å². The van der Waals surface area contributed by atoms with E-state index in [0.717, 1.165) is 16.7 Å². The topological polar surface area (TPSA) is 182 Å². The van der Waals surface area contributed by atoms with E-state index < -0.39 is 41.6 Å². The quantitative estimate of drug-likeness (QED) is 0.113. The van der Waals surface area contributed by atoms with Gasteiger partial charge in [-0.1, -0.05) is 60.7 Å². The van der Waals surface area contributed by atoms with Gasteiger partial charge in [-0.15, -0.1) is 0 Å². The molecule has 0 spiro atoms. The van der Waals surface area contributed by atoms with E-state index in [1.165, 1.54) is 12.1 Å². The first-order valence-electron chi connectivity index (χ1n) is 14.4. The van der Waals surface area contributed by atoms with E-state index in [-0.39, 0.29) is 26.0 Å². The molecule has 0 saturated heterocycles. The van der Waals surface area contributed by atoms with Crippen molar-refractivity contribution in [3.8, 4) is 0 Å².